The van der Waals surface area contributed by atoms with Crippen LogP contribution >= 0.6 is 46.3 Å². The van der Waals surface area contributed by atoms with Crippen molar-refractivity contribution in [3.63, 3.8) is 0 Å². The van der Waals surface area contributed by atoms with E-state index in [1.54, 1.807) is 0 Å². The van der Waals surface area contributed by atoms with Gasteiger partial charge in [0.1, 0.15) is 0 Å². The third-order valence-corrected chi connectivity index (χ3v) is 8.15. The number of thioether (sulfide) groups is 1. The first kappa shape index (κ1) is 23.4. The van der Waals surface area contributed by atoms with Gasteiger partial charge in [-0.2, -0.15) is 0 Å². The molecule has 0 spiro atoms. The van der Waals surface area contributed by atoms with Crippen LogP contribution in [-0.4, -0.2) is 40.7 Å². The number of nitrogens with zero attached hydrogens (tertiary/aromatic N) is 2. The van der Waals surface area contributed by atoms with E-state index >= 15 is 0 Å². The second-order valence-corrected chi connectivity index (χ2v) is 10.6. The first-order valence-corrected chi connectivity index (χ1v) is 13.0. The average molecular weight is 508 g/mol. The predicted octanol–water partition coefficient (Wildman–Crippen LogP) is 5.57. The molecule has 1 saturated heterocycles. The molecule has 1 aliphatic rings. The summed E-state index contributed by atoms with van der Waals surface area (Å²) < 4.78 is 0.870. The molecule has 1 amide bonds. The predicted molar refractivity (Wildman–Crippen MR) is 136 cm³/mol. The molecule has 3 aromatic rings. The van der Waals surface area contributed by atoms with E-state index in [0.717, 1.165) is 53.6 Å². The molecule has 9 heteroatoms. The Labute approximate surface area is 206 Å². The van der Waals surface area contributed by atoms with Gasteiger partial charge in [-0.3, -0.25) is 9.69 Å². The van der Waals surface area contributed by atoms with Crippen LogP contribution in [0.25, 0.3) is 11.3 Å². The molecule has 0 unspecified atom stereocenters. The van der Waals surface area contributed by atoms with Gasteiger partial charge < -0.3 is 11.1 Å². The summed E-state index contributed by atoms with van der Waals surface area (Å²) in [6, 6.07) is 13.7. The van der Waals surface area contributed by atoms with Crippen molar-refractivity contribution in [2.75, 3.05) is 24.6 Å². The number of piperidine rings is 1. The van der Waals surface area contributed by atoms with Gasteiger partial charge in [0.25, 0.3) is 0 Å². The smallest absolute Gasteiger partial charge is 0.230 e. The minimum absolute atomic E-state index is 0.0499. The minimum Gasteiger partial charge on any atom is -0.398 e. The Bertz CT molecular complexity index is 1080. The molecule has 5 nitrogen and oxygen atoms in total. The molecule has 0 atom stereocenters. The zero-order valence-electron chi connectivity index (χ0n) is 17.4. The Morgan fingerprint density at radius 2 is 1.97 bits per heavy atom. The van der Waals surface area contributed by atoms with Crippen LogP contribution in [0, 0.1) is 0 Å². The van der Waals surface area contributed by atoms with Crippen LogP contribution in [0.15, 0.2) is 52.2 Å². The lowest BCUT2D eigenvalue weighted by molar-refractivity contribution is -0.119. The van der Waals surface area contributed by atoms with E-state index in [1.807, 2.05) is 47.8 Å². The highest BCUT2D eigenvalue weighted by molar-refractivity contribution is 8.01. The molecule has 2 heterocycles. The summed E-state index contributed by atoms with van der Waals surface area (Å²) in [7, 11) is 0. The summed E-state index contributed by atoms with van der Waals surface area (Å²) in [6.07, 6.45) is 1.87. The van der Waals surface area contributed by atoms with Crippen molar-refractivity contribution >= 4 is 57.9 Å². The fourth-order valence-electron chi connectivity index (χ4n) is 3.71. The summed E-state index contributed by atoms with van der Waals surface area (Å²) in [5.74, 6) is 0.412. The van der Waals surface area contributed by atoms with Crippen molar-refractivity contribution in [2.24, 2.45) is 0 Å². The number of thiazole rings is 1. The standard InChI is InChI=1S/C23H24Cl2N4OS2/c24-18-6-5-15(11-19(18)25)12-29-9-7-16(8-10-29)27-22(30)14-32-23-28-21(13-31-23)17-3-1-2-4-20(17)26/h1-6,11,13,16H,7-10,12,14,26H2,(H,27,30). The second kappa shape index (κ2) is 10.9. The van der Waals surface area contributed by atoms with Gasteiger partial charge in [0.2, 0.25) is 5.91 Å². The average Bonchev–Trinajstić information content (AvgIpc) is 3.25. The molecule has 168 valence electrons. The van der Waals surface area contributed by atoms with Gasteiger partial charge in [-0.1, -0.05) is 59.2 Å². The van der Waals surface area contributed by atoms with Crippen LogP contribution in [0.3, 0.4) is 0 Å². The first-order valence-electron chi connectivity index (χ1n) is 10.4. The van der Waals surface area contributed by atoms with Crippen LogP contribution in [0.1, 0.15) is 18.4 Å². The van der Waals surface area contributed by atoms with Crippen LogP contribution in [0.5, 0.6) is 0 Å². The number of anilines is 1. The highest BCUT2D eigenvalue weighted by Gasteiger charge is 2.21. The lowest BCUT2D eigenvalue weighted by Gasteiger charge is -2.32. The molecule has 2 aromatic carbocycles. The molecule has 0 saturated carbocycles. The number of carbonyl (C=O) groups excluding carboxylic acids is 1. The van der Waals surface area contributed by atoms with Gasteiger partial charge in [0, 0.05) is 42.3 Å². The zero-order chi connectivity index (χ0) is 22.5. The Kier molecular flexibility index (Phi) is 7.97. The molecule has 0 aliphatic carbocycles. The second-order valence-electron chi connectivity index (χ2n) is 7.74. The third kappa shape index (κ3) is 6.17. The van der Waals surface area contributed by atoms with Gasteiger partial charge in [0.05, 0.1) is 21.5 Å². The molecule has 1 aromatic heterocycles. The number of nitrogens with two attached hydrogens (primary N) is 1. The first-order chi connectivity index (χ1) is 15.5. The lowest BCUT2D eigenvalue weighted by atomic mass is 10.0. The van der Waals surface area contributed by atoms with Crippen molar-refractivity contribution in [2.45, 2.75) is 29.8 Å². The highest BCUT2D eigenvalue weighted by atomic mass is 35.5. The Morgan fingerprint density at radius 1 is 1.19 bits per heavy atom. The van der Waals surface area contributed by atoms with Gasteiger partial charge in [-0.25, -0.2) is 4.98 Å². The number of hydrogen-bond donors (Lipinski definition) is 2. The monoisotopic (exact) mass is 506 g/mol. The number of rotatable bonds is 7. The van der Waals surface area contributed by atoms with E-state index in [0.29, 0.717) is 21.5 Å². The van der Waals surface area contributed by atoms with Gasteiger partial charge in [-0.05, 0) is 36.6 Å². The van der Waals surface area contributed by atoms with Crippen molar-refractivity contribution < 1.29 is 4.79 Å². The number of likely N-dealkylation sites (tertiary alicyclic amines) is 1. The maximum Gasteiger partial charge on any atom is 0.230 e. The normalized spacial score (nSPS) is 15.1. The summed E-state index contributed by atoms with van der Waals surface area (Å²) in [5, 5.41) is 6.31. The van der Waals surface area contributed by atoms with Crippen molar-refractivity contribution in [1.82, 2.24) is 15.2 Å². The molecular weight excluding hydrogens is 483 g/mol. The number of benzene rings is 2. The number of amides is 1. The molecule has 0 bridgehead atoms. The van der Waals surface area contributed by atoms with Crippen LogP contribution in [0.4, 0.5) is 5.69 Å². The number of nitrogens with one attached hydrogen (secondary N) is 1. The molecule has 1 aliphatic heterocycles. The summed E-state index contributed by atoms with van der Waals surface area (Å²) in [4.78, 5) is 19.4. The number of hydrogen-bond acceptors (Lipinski definition) is 6. The maximum absolute atomic E-state index is 12.4. The lowest BCUT2D eigenvalue weighted by Crippen LogP contribution is -2.44. The zero-order valence-corrected chi connectivity index (χ0v) is 20.5. The van der Waals surface area contributed by atoms with Crippen LogP contribution in [0.2, 0.25) is 10.0 Å². The van der Waals surface area contributed by atoms with E-state index < -0.39 is 0 Å². The molecule has 32 heavy (non-hydrogen) atoms. The Morgan fingerprint density at radius 3 is 2.72 bits per heavy atom. The summed E-state index contributed by atoms with van der Waals surface area (Å²) in [6.45, 7) is 2.71. The fraction of sp³-hybridized carbons (Fsp3) is 0.304. The maximum atomic E-state index is 12.4. The van der Waals surface area contributed by atoms with Crippen LogP contribution < -0.4 is 11.1 Å². The van der Waals surface area contributed by atoms with Gasteiger partial charge in [0.15, 0.2) is 4.34 Å². The van der Waals surface area contributed by atoms with E-state index in [2.05, 4.69) is 15.2 Å². The molecule has 1 fully saturated rings. The van der Waals surface area contributed by atoms with Gasteiger partial charge in [-0.15, -0.1) is 11.3 Å². The molecule has 4 rings (SSSR count). The minimum atomic E-state index is 0.0499. The Balaban J connectivity index is 1.20. The summed E-state index contributed by atoms with van der Waals surface area (Å²) >= 11 is 15.1. The number of halogens is 2. The van der Waals surface area contributed by atoms with E-state index in [1.165, 1.54) is 23.1 Å². The topological polar surface area (TPSA) is 71.2 Å². The van der Waals surface area contributed by atoms with Crippen molar-refractivity contribution in [3.05, 3.63) is 63.5 Å². The summed E-state index contributed by atoms with van der Waals surface area (Å²) in [5.41, 5.74) is 9.67. The van der Waals surface area contributed by atoms with Crippen LogP contribution in [-0.2, 0) is 11.3 Å². The van der Waals surface area contributed by atoms with Crippen molar-refractivity contribution in [3.8, 4) is 11.3 Å². The SMILES string of the molecule is Nc1ccccc1-c1csc(SCC(=O)NC2CCN(Cc3ccc(Cl)c(Cl)c3)CC2)n1. The number of nitrogen functional groups attached to an aromatic ring is 1. The quantitative estimate of drug-likeness (QED) is 0.323. The number of carbonyl (C=O) groups is 1. The molecule has 0 radical (unpaired) electrons. The molecular formula is C23H24Cl2N4OS2. The number of para-hydroxylation sites is 1. The fourth-order valence-corrected chi connectivity index (χ4v) is 5.66. The molecule has 3 N–H and O–H groups in total. The third-order valence-electron chi connectivity index (χ3n) is 5.39. The van der Waals surface area contributed by atoms with Crippen molar-refractivity contribution in [1.29, 1.82) is 0 Å². The van der Waals surface area contributed by atoms with E-state index in [-0.39, 0.29) is 11.9 Å². The van der Waals surface area contributed by atoms with Gasteiger partial charge >= 0.3 is 0 Å². The number of aromatic nitrogens is 1. The highest BCUT2D eigenvalue weighted by Crippen LogP contribution is 2.31. The van der Waals surface area contributed by atoms with E-state index in [4.69, 9.17) is 28.9 Å². The Hall–Kier alpha value is -1.77. The van der Waals surface area contributed by atoms with E-state index in [9.17, 15) is 4.79 Å². The largest absolute Gasteiger partial charge is 0.398 e.